The Balaban J connectivity index is 2.71. The normalized spacial score (nSPS) is 25.8. The predicted octanol–water partition coefficient (Wildman–Crippen LogP) is 2.88. The minimum absolute atomic E-state index is 0.276. The average molecular weight is 284 g/mol. The molecule has 1 fully saturated rings. The third-order valence-electron chi connectivity index (χ3n) is 5.21. The van der Waals surface area contributed by atoms with Crippen LogP contribution in [0.4, 0.5) is 0 Å². The highest BCUT2D eigenvalue weighted by Crippen LogP contribution is 2.41. The average Bonchev–Trinajstić information content (AvgIpc) is 2.68. The van der Waals surface area contributed by atoms with Gasteiger partial charge in [0.15, 0.2) is 0 Å². The van der Waals surface area contributed by atoms with Crippen LogP contribution in [0.15, 0.2) is 0 Å². The van der Waals surface area contributed by atoms with Crippen LogP contribution in [0.5, 0.6) is 0 Å². The molecule has 0 aromatic heterocycles. The van der Waals surface area contributed by atoms with Crippen LogP contribution in [-0.2, 0) is 0 Å². The van der Waals surface area contributed by atoms with Gasteiger partial charge in [0.25, 0.3) is 0 Å². The zero-order valence-electron chi connectivity index (χ0n) is 14.3. The van der Waals surface area contributed by atoms with Gasteiger partial charge >= 0.3 is 0 Å². The van der Waals surface area contributed by atoms with Gasteiger partial charge in [-0.15, -0.1) is 0 Å². The molecule has 0 amide bonds. The van der Waals surface area contributed by atoms with Gasteiger partial charge in [-0.05, 0) is 43.6 Å². The van der Waals surface area contributed by atoms with Crippen molar-refractivity contribution < 1.29 is 5.11 Å². The fourth-order valence-electron chi connectivity index (χ4n) is 4.03. The van der Waals surface area contributed by atoms with Crippen molar-refractivity contribution in [2.24, 2.45) is 11.3 Å². The van der Waals surface area contributed by atoms with Crippen molar-refractivity contribution in [3.05, 3.63) is 0 Å². The third kappa shape index (κ3) is 4.44. The van der Waals surface area contributed by atoms with Gasteiger partial charge in [-0.3, -0.25) is 4.90 Å². The molecule has 0 aromatic carbocycles. The van der Waals surface area contributed by atoms with Gasteiger partial charge in [-0.1, -0.05) is 34.6 Å². The molecule has 1 aliphatic carbocycles. The maximum Gasteiger partial charge on any atom is 0.0558 e. The third-order valence-corrected chi connectivity index (χ3v) is 5.21. The van der Waals surface area contributed by atoms with Gasteiger partial charge in [0, 0.05) is 25.2 Å². The summed E-state index contributed by atoms with van der Waals surface area (Å²) in [6.07, 6.45) is 4.98. The van der Waals surface area contributed by atoms with Crippen molar-refractivity contribution in [1.82, 2.24) is 10.2 Å². The fourth-order valence-corrected chi connectivity index (χ4v) is 4.03. The SMILES string of the molecule is CCNC1C(CN(CCO)C(CC)CC)CCC1(C)C. The molecule has 0 saturated heterocycles. The second kappa shape index (κ2) is 8.35. The second-order valence-corrected chi connectivity index (χ2v) is 7.01. The van der Waals surface area contributed by atoms with Crippen molar-refractivity contribution in [2.75, 3.05) is 26.2 Å². The number of hydrogen-bond donors (Lipinski definition) is 2. The van der Waals surface area contributed by atoms with E-state index < -0.39 is 0 Å². The lowest BCUT2D eigenvalue weighted by Crippen LogP contribution is -2.48. The van der Waals surface area contributed by atoms with E-state index in [-0.39, 0.29) is 6.61 Å². The first-order chi connectivity index (χ1) is 9.50. The number of aliphatic hydroxyl groups excluding tert-OH is 1. The lowest BCUT2D eigenvalue weighted by molar-refractivity contribution is 0.111. The largest absolute Gasteiger partial charge is 0.395 e. The van der Waals surface area contributed by atoms with E-state index >= 15 is 0 Å². The van der Waals surface area contributed by atoms with Crippen LogP contribution in [0.2, 0.25) is 0 Å². The smallest absolute Gasteiger partial charge is 0.0558 e. The highest BCUT2D eigenvalue weighted by molar-refractivity contribution is 4.97. The van der Waals surface area contributed by atoms with E-state index in [0.717, 1.165) is 25.6 Å². The molecule has 0 heterocycles. The van der Waals surface area contributed by atoms with Crippen molar-refractivity contribution in [3.63, 3.8) is 0 Å². The summed E-state index contributed by atoms with van der Waals surface area (Å²) < 4.78 is 0. The van der Waals surface area contributed by atoms with Crippen molar-refractivity contribution in [2.45, 2.75) is 72.4 Å². The molecule has 0 radical (unpaired) electrons. The van der Waals surface area contributed by atoms with Crippen LogP contribution in [0.3, 0.4) is 0 Å². The van der Waals surface area contributed by atoms with E-state index in [0.29, 0.717) is 17.5 Å². The van der Waals surface area contributed by atoms with Gasteiger partial charge in [0.2, 0.25) is 0 Å². The molecule has 2 N–H and O–H groups in total. The van der Waals surface area contributed by atoms with Crippen LogP contribution in [-0.4, -0.2) is 48.3 Å². The van der Waals surface area contributed by atoms with Crippen LogP contribution in [0.25, 0.3) is 0 Å². The molecule has 1 rings (SSSR count). The maximum atomic E-state index is 9.37. The fraction of sp³-hybridized carbons (Fsp3) is 1.00. The molecule has 20 heavy (non-hydrogen) atoms. The summed E-state index contributed by atoms with van der Waals surface area (Å²) >= 11 is 0. The standard InChI is InChI=1S/C17H36N2O/c1-6-15(7-2)19(11-12-20)13-14-9-10-17(4,5)16(14)18-8-3/h14-16,18,20H,6-13H2,1-5H3. The van der Waals surface area contributed by atoms with Crippen molar-refractivity contribution in [1.29, 1.82) is 0 Å². The molecule has 2 unspecified atom stereocenters. The Morgan fingerprint density at radius 1 is 1.25 bits per heavy atom. The van der Waals surface area contributed by atoms with Crippen molar-refractivity contribution >= 4 is 0 Å². The first-order valence-electron chi connectivity index (χ1n) is 8.58. The van der Waals surface area contributed by atoms with E-state index in [1.807, 2.05) is 0 Å². The molecular weight excluding hydrogens is 248 g/mol. The number of aliphatic hydroxyl groups is 1. The zero-order chi connectivity index (χ0) is 15.2. The number of nitrogens with one attached hydrogen (secondary N) is 1. The minimum atomic E-state index is 0.276. The molecule has 2 atom stereocenters. The Labute approximate surface area is 126 Å². The van der Waals surface area contributed by atoms with Gasteiger partial charge in [-0.2, -0.15) is 0 Å². The Kier molecular flexibility index (Phi) is 7.49. The number of hydrogen-bond acceptors (Lipinski definition) is 3. The Morgan fingerprint density at radius 3 is 2.40 bits per heavy atom. The zero-order valence-corrected chi connectivity index (χ0v) is 14.3. The minimum Gasteiger partial charge on any atom is -0.395 e. The highest BCUT2D eigenvalue weighted by Gasteiger charge is 2.42. The summed E-state index contributed by atoms with van der Waals surface area (Å²) in [5.74, 6) is 0.720. The molecule has 0 aromatic rings. The second-order valence-electron chi connectivity index (χ2n) is 7.01. The predicted molar refractivity (Wildman–Crippen MR) is 87.0 cm³/mol. The Hall–Kier alpha value is -0.120. The van der Waals surface area contributed by atoms with E-state index in [4.69, 9.17) is 0 Å². The molecular formula is C17H36N2O. The summed E-state index contributed by atoms with van der Waals surface area (Å²) in [5, 5.41) is 13.1. The summed E-state index contributed by atoms with van der Waals surface area (Å²) in [5.41, 5.74) is 0.402. The van der Waals surface area contributed by atoms with Gasteiger partial charge < -0.3 is 10.4 Å². The summed E-state index contributed by atoms with van der Waals surface area (Å²) in [7, 11) is 0. The summed E-state index contributed by atoms with van der Waals surface area (Å²) in [6.45, 7) is 14.8. The lowest BCUT2D eigenvalue weighted by Gasteiger charge is -2.37. The maximum absolute atomic E-state index is 9.37. The first kappa shape index (κ1) is 17.9. The lowest BCUT2D eigenvalue weighted by atomic mass is 9.84. The Morgan fingerprint density at radius 2 is 1.90 bits per heavy atom. The van der Waals surface area contributed by atoms with E-state index in [9.17, 15) is 5.11 Å². The molecule has 1 saturated carbocycles. The van der Waals surface area contributed by atoms with Crippen LogP contribution >= 0.6 is 0 Å². The Bertz CT molecular complexity index is 264. The van der Waals surface area contributed by atoms with Gasteiger partial charge in [0.1, 0.15) is 0 Å². The monoisotopic (exact) mass is 284 g/mol. The molecule has 1 aliphatic rings. The molecule has 3 nitrogen and oxygen atoms in total. The topological polar surface area (TPSA) is 35.5 Å². The molecule has 3 heteroatoms. The quantitative estimate of drug-likeness (QED) is 0.683. The van der Waals surface area contributed by atoms with E-state index in [1.54, 1.807) is 0 Å². The van der Waals surface area contributed by atoms with Crippen LogP contribution in [0, 0.1) is 11.3 Å². The van der Waals surface area contributed by atoms with Crippen LogP contribution < -0.4 is 5.32 Å². The summed E-state index contributed by atoms with van der Waals surface area (Å²) in [4.78, 5) is 2.52. The van der Waals surface area contributed by atoms with Gasteiger partial charge in [-0.25, -0.2) is 0 Å². The molecule has 0 aliphatic heterocycles. The van der Waals surface area contributed by atoms with Crippen molar-refractivity contribution in [3.8, 4) is 0 Å². The molecule has 0 bridgehead atoms. The molecule has 0 spiro atoms. The highest BCUT2D eigenvalue weighted by atomic mass is 16.3. The first-order valence-corrected chi connectivity index (χ1v) is 8.58. The van der Waals surface area contributed by atoms with Gasteiger partial charge in [0.05, 0.1) is 6.61 Å². The molecule has 120 valence electrons. The number of nitrogens with zero attached hydrogens (tertiary/aromatic N) is 1. The van der Waals surface area contributed by atoms with Crippen LogP contribution in [0.1, 0.15) is 60.3 Å². The summed E-state index contributed by atoms with van der Waals surface area (Å²) in [6, 6.07) is 1.23. The van der Waals surface area contributed by atoms with E-state index in [1.165, 1.54) is 25.7 Å². The van der Waals surface area contributed by atoms with E-state index in [2.05, 4.69) is 44.8 Å². The number of rotatable bonds is 9.